The lowest BCUT2D eigenvalue weighted by Gasteiger charge is -2.37. The van der Waals surface area contributed by atoms with Gasteiger partial charge in [-0.15, -0.1) is 0 Å². The number of carbonyl (C=O) groups excluding carboxylic acids is 3. The lowest BCUT2D eigenvalue weighted by Crippen LogP contribution is -2.40. The summed E-state index contributed by atoms with van der Waals surface area (Å²) in [5.41, 5.74) is 0.370. The van der Waals surface area contributed by atoms with Gasteiger partial charge in [-0.25, -0.2) is 14.9 Å². The summed E-state index contributed by atoms with van der Waals surface area (Å²) in [4.78, 5) is 48.0. The number of benzene rings is 1. The number of anilines is 1. The van der Waals surface area contributed by atoms with E-state index in [1.807, 2.05) is 0 Å². The molecule has 2 heterocycles. The molecule has 162 valence electrons. The van der Waals surface area contributed by atoms with Gasteiger partial charge in [-0.1, -0.05) is 35.4 Å². The van der Waals surface area contributed by atoms with Crippen LogP contribution in [0, 0.1) is 35.5 Å². The Balaban J connectivity index is 1.15. The lowest BCUT2D eigenvalue weighted by atomic mass is 9.63. The molecule has 0 radical (unpaired) electrons. The molecular weight excluding hydrogens is 453 g/mol. The molecule has 7 nitrogen and oxygen atoms in total. The number of ether oxygens (including phenoxy) is 1. The van der Waals surface area contributed by atoms with Crippen LogP contribution in [0.3, 0.4) is 0 Å². The van der Waals surface area contributed by atoms with Gasteiger partial charge in [0, 0.05) is 5.56 Å². The molecule has 4 aliphatic carbocycles. The number of Topliss-reactive ketones (excluding diaryl/α,β-unsaturated/α-hetero) is 1. The summed E-state index contributed by atoms with van der Waals surface area (Å²) in [6, 6.07) is 4.59. The van der Waals surface area contributed by atoms with E-state index in [0.29, 0.717) is 22.4 Å². The highest BCUT2D eigenvalue weighted by molar-refractivity contribution is 6.42. The Morgan fingerprint density at radius 1 is 1.00 bits per heavy atom. The second-order valence-electron chi connectivity index (χ2n) is 8.73. The lowest BCUT2D eigenvalue weighted by molar-refractivity contribution is -0.124. The topological polar surface area (TPSA) is 89.5 Å². The largest absolute Gasteiger partial charge is 0.482 e. The van der Waals surface area contributed by atoms with Crippen molar-refractivity contribution in [3.8, 4) is 5.75 Å². The van der Waals surface area contributed by atoms with E-state index in [9.17, 15) is 14.4 Å². The van der Waals surface area contributed by atoms with E-state index in [4.69, 9.17) is 27.9 Å². The quantitative estimate of drug-likeness (QED) is 0.377. The van der Waals surface area contributed by atoms with Gasteiger partial charge in [-0.2, -0.15) is 0 Å². The van der Waals surface area contributed by atoms with E-state index < -0.39 is 0 Å². The summed E-state index contributed by atoms with van der Waals surface area (Å²) >= 11 is 11.8. The SMILES string of the molecule is O=C(COc1cnc(N2C(=O)[C@@H]3[C@@H]4C=C[C@@H]([C@H]5C[C@@H]45)[C@@H]3C2=O)nc1)c1ccc(Cl)c(Cl)c1. The Hall–Kier alpha value is -2.77. The summed E-state index contributed by atoms with van der Waals surface area (Å²) in [6.45, 7) is -0.246. The Morgan fingerprint density at radius 2 is 1.62 bits per heavy atom. The minimum atomic E-state index is -0.301. The monoisotopic (exact) mass is 469 g/mol. The van der Waals surface area contributed by atoms with Gasteiger partial charge in [-0.05, 0) is 48.3 Å². The normalized spacial score (nSPS) is 31.5. The molecule has 1 aliphatic heterocycles. The van der Waals surface area contributed by atoms with Gasteiger partial charge in [-0.3, -0.25) is 14.4 Å². The van der Waals surface area contributed by atoms with Crippen LogP contribution in [0.2, 0.25) is 10.0 Å². The van der Waals surface area contributed by atoms with E-state index >= 15 is 0 Å². The Morgan fingerprint density at radius 3 is 2.22 bits per heavy atom. The van der Waals surface area contributed by atoms with Crippen LogP contribution in [0.1, 0.15) is 16.8 Å². The Kier molecular flexibility index (Phi) is 4.42. The third-order valence-corrected chi connectivity index (χ3v) is 7.83. The third kappa shape index (κ3) is 2.91. The first-order valence-electron chi connectivity index (χ1n) is 10.4. The summed E-state index contributed by atoms with van der Waals surface area (Å²) in [6.07, 6.45) is 8.07. The number of halogens is 2. The Labute approximate surface area is 193 Å². The van der Waals surface area contributed by atoms with Crippen molar-refractivity contribution in [3.05, 3.63) is 58.4 Å². The van der Waals surface area contributed by atoms with Crippen LogP contribution in [0.4, 0.5) is 5.95 Å². The van der Waals surface area contributed by atoms with E-state index in [2.05, 4.69) is 22.1 Å². The van der Waals surface area contributed by atoms with Crippen molar-refractivity contribution >= 4 is 46.7 Å². The van der Waals surface area contributed by atoms with Crippen molar-refractivity contribution in [2.24, 2.45) is 35.5 Å². The second kappa shape index (κ2) is 7.12. The highest BCUT2D eigenvalue weighted by Gasteiger charge is 2.67. The van der Waals surface area contributed by atoms with Crippen molar-refractivity contribution in [1.29, 1.82) is 0 Å². The molecule has 5 aliphatic rings. The van der Waals surface area contributed by atoms with Gasteiger partial charge in [0.05, 0.1) is 34.3 Å². The van der Waals surface area contributed by atoms with Gasteiger partial charge in [0.1, 0.15) is 0 Å². The second-order valence-corrected chi connectivity index (χ2v) is 9.54. The molecule has 0 unspecified atom stereocenters. The summed E-state index contributed by atoms with van der Waals surface area (Å²) < 4.78 is 5.47. The van der Waals surface area contributed by atoms with E-state index in [-0.39, 0.29) is 64.6 Å². The minimum Gasteiger partial charge on any atom is -0.482 e. The molecule has 0 N–H and O–H groups in total. The molecule has 32 heavy (non-hydrogen) atoms. The first kappa shape index (κ1) is 19.9. The highest BCUT2D eigenvalue weighted by atomic mass is 35.5. The van der Waals surface area contributed by atoms with Crippen LogP contribution in [0.25, 0.3) is 0 Å². The van der Waals surface area contributed by atoms with Crippen LogP contribution in [-0.4, -0.2) is 34.2 Å². The van der Waals surface area contributed by atoms with E-state index in [1.165, 1.54) is 18.5 Å². The van der Waals surface area contributed by atoms with Crippen LogP contribution in [0.5, 0.6) is 5.75 Å². The molecule has 2 amide bonds. The number of amides is 2. The number of allylic oxidation sites excluding steroid dienone is 2. The number of hydrogen-bond acceptors (Lipinski definition) is 6. The molecular formula is C23H17Cl2N3O4. The molecule has 2 saturated carbocycles. The Bertz CT molecular complexity index is 1160. The van der Waals surface area contributed by atoms with Crippen molar-refractivity contribution in [2.45, 2.75) is 6.42 Å². The molecule has 7 rings (SSSR count). The molecule has 6 atom stereocenters. The maximum atomic E-state index is 13.1. The molecule has 2 bridgehead atoms. The maximum Gasteiger partial charge on any atom is 0.240 e. The smallest absolute Gasteiger partial charge is 0.240 e. The molecule has 0 spiro atoms. The number of aromatic nitrogens is 2. The number of rotatable bonds is 5. The fourth-order valence-corrected chi connectivity index (χ4v) is 5.85. The zero-order valence-electron chi connectivity index (χ0n) is 16.7. The minimum absolute atomic E-state index is 0.0469. The zero-order chi connectivity index (χ0) is 22.1. The van der Waals surface area contributed by atoms with E-state index in [0.717, 1.165) is 11.3 Å². The highest BCUT2D eigenvalue weighted by Crippen LogP contribution is 2.65. The summed E-state index contributed by atoms with van der Waals surface area (Å²) in [7, 11) is 0. The average molecular weight is 470 g/mol. The fourth-order valence-electron chi connectivity index (χ4n) is 5.56. The fraction of sp³-hybridized carbons (Fsp3) is 0.348. The van der Waals surface area contributed by atoms with Gasteiger partial charge >= 0.3 is 0 Å². The predicted octanol–water partition coefficient (Wildman–Crippen LogP) is 3.60. The van der Waals surface area contributed by atoms with Gasteiger partial charge in [0.25, 0.3) is 0 Å². The van der Waals surface area contributed by atoms with Gasteiger partial charge < -0.3 is 4.74 Å². The van der Waals surface area contributed by atoms with Crippen molar-refractivity contribution < 1.29 is 19.1 Å². The number of nitrogens with zero attached hydrogens (tertiary/aromatic N) is 3. The first-order valence-corrected chi connectivity index (χ1v) is 11.2. The van der Waals surface area contributed by atoms with Crippen LogP contribution in [-0.2, 0) is 9.59 Å². The molecule has 3 fully saturated rings. The molecule has 1 aromatic carbocycles. The average Bonchev–Trinajstić information content (AvgIpc) is 3.58. The third-order valence-electron chi connectivity index (χ3n) is 7.09. The molecule has 1 aromatic heterocycles. The standard InChI is InChI=1S/C23H17Cl2N3O4/c24-16-4-1-10(5-17(16)25)18(29)9-32-11-7-26-23(27-8-11)28-21(30)19-12-2-3-13(15-6-14(12)15)20(19)22(28)31/h1-5,7-8,12-15,19-20H,6,9H2/t12-,13+,14+,15-,19-,20+. The molecule has 1 saturated heterocycles. The van der Waals surface area contributed by atoms with Crippen LogP contribution in [0.15, 0.2) is 42.7 Å². The van der Waals surface area contributed by atoms with Crippen LogP contribution >= 0.6 is 23.2 Å². The molecule has 2 aromatic rings. The molecule has 9 heteroatoms. The zero-order valence-corrected chi connectivity index (χ0v) is 18.2. The van der Waals surface area contributed by atoms with Gasteiger partial charge in [0.2, 0.25) is 17.8 Å². The first-order chi connectivity index (χ1) is 15.4. The van der Waals surface area contributed by atoms with Crippen molar-refractivity contribution in [1.82, 2.24) is 9.97 Å². The van der Waals surface area contributed by atoms with Crippen LogP contribution < -0.4 is 9.64 Å². The number of carbonyl (C=O) groups is 3. The van der Waals surface area contributed by atoms with Gasteiger partial charge in [0.15, 0.2) is 18.1 Å². The van der Waals surface area contributed by atoms with Crippen molar-refractivity contribution in [3.63, 3.8) is 0 Å². The number of ketones is 1. The maximum absolute atomic E-state index is 13.1. The number of imide groups is 1. The van der Waals surface area contributed by atoms with E-state index in [1.54, 1.807) is 12.1 Å². The predicted molar refractivity (Wildman–Crippen MR) is 116 cm³/mol. The summed E-state index contributed by atoms with van der Waals surface area (Å²) in [5.74, 6) is 0.337. The summed E-state index contributed by atoms with van der Waals surface area (Å²) in [5, 5.41) is 0.645. The number of hydrogen-bond donors (Lipinski definition) is 0. The van der Waals surface area contributed by atoms with Crippen molar-refractivity contribution in [2.75, 3.05) is 11.5 Å².